The number of nitrogens with one attached hydrogen (secondary N) is 2. The Morgan fingerprint density at radius 1 is 1.09 bits per heavy atom. The van der Waals surface area contributed by atoms with Gasteiger partial charge in [-0.15, -0.1) is 0 Å². The monoisotopic (exact) mass is 478 g/mol. The molecule has 0 aromatic heterocycles. The van der Waals surface area contributed by atoms with Crippen LogP contribution in [0, 0.1) is 5.92 Å². The zero-order valence-corrected chi connectivity index (χ0v) is 20.6. The van der Waals surface area contributed by atoms with Crippen molar-refractivity contribution in [1.82, 2.24) is 10.6 Å². The van der Waals surface area contributed by atoms with Gasteiger partial charge in [0.15, 0.2) is 0 Å². The van der Waals surface area contributed by atoms with E-state index in [1.54, 1.807) is 6.92 Å². The van der Waals surface area contributed by atoms with E-state index in [1.807, 2.05) is 31.2 Å². The number of carboxylic acids is 1. The van der Waals surface area contributed by atoms with Gasteiger partial charge in [-0.3, -0.25) is 4.79 Å². The van der Waals surface area contributed by atoms with Crippen molar-refractivity contribution in [2.24, 2.45) is 5.92 Å². The summed E-state index contributed by atoms with van der Waals surface area (Å²) >= 11 is 0. The highest BCUT2D eigenvalue weighted by Gasteiger charge is 2.47. The van der Waals surface area contributed by atoms with Gasteiger partial charge >= 0.3 is 12.1 Å². The van der Waals surface area contributed by atoms with Gasteiger partial charge in [0.1, 0.15) is 17.7 Å². The van der Waals surface area contributed by atoms with Gasteiger partial charge in [0.2, 0.25) is 5.91 Å². The Hall–Kier alpha value is -3.35. The van der Waals surface area contributed by atoms with Gasteiger partial charge in [0, 0.05) is 5.92 Å². The lowest BCUT2D eigenvalue weighted by Crippen LogP contribution is -2.65. The molecule has 2 aromatic rings. The van der Waals surface area contributed by atoms with Crippen molar-refractivity contribution in [3.8, 4) is 11.1 Å². The fourth-order valence-electron chi connectivity index (χ4n) is 5.42. The first kappa shape index (κ1) is 24.8. The van der Waals surface area contributed by atoms with Gasteiger partial charge in [-0.25, -0.2) is 9.59 Å². The first-order chi connectivity index (χ1) is 16.7. The molecule has 2 amide bonds. The normalized spacial score (nSPS) is 22.9. The molecule has 35 heavy (non-hydrogen) atoms. The minimum Gasteiger partial charge on any atom is -0.480 e. The highest BCUT2D eigenvalue weighted by Crippen LogP contribution is 2.44. The molecule has 7 heteroatoms. The van der Waals surface area contributed by atoms with E-state index in [2.05, 4.69) is 34.9 Å². The molecule has 0 bridgehead atoms. The number of aliphatic carboxylic acids is 1. The lowest BCUT2D eigenvalue weighted by molar-refractivity contribution is -0.148. The lowest BCUT2D eigenvalue weighted by atomic mass is 9.75. The summed E-state index contributed by atoms with van der Waals surface area (Å²) in [6.07, 6.45) is 2.14. The van der Waals surface area contributed by atoms with E-state index in [0.29, 0.717) is 12.8 Å². The highest BCUT2D eigenvalue weighted by molar-refractivity contribution is 5.94. The number of carbonyl (C=O) groups excluding carboxylic acids is 2. The number of hydrogen-bond donors (Lipinski definition) is 3. The molecule has 3 N–H and O–H groups in total. The molecule has 3 atom stereocenters. The van der Waals surface area contributed by atoms with Crippen LogP contribution in [0.3, 0.4) is 0 Å². The number of amides is 2. The quantitative estimate of drug-likeness (QED) is 0.528. The molecule has 0 heterocycles. The summed E-state index contributed by atoms with van der Waals surface area (Å²) in [5.74, 6) is -1.45. The minimum atomic E-state index is -1.41. The van der Waals surface area contributed by atoms with Gasteiger partial charge in [0.25, 0.3) is 0 Å². The number of ether oxygens (including phenoxy) is 1. The summed E-state index contributed by atoms with van der Waals surface area (Å²) in [5.41, 5.74) is 1.89. The number of hydrogen-bond acceptors (Lipinski definition) is 4. The van der Waals surface area contributed by atoms with Crippen LogP contribution in [0.5, 0.6) is 0 Å². The molecule has 0 saturated heterocycles. The SMILES string of the molecule is CCC(C)(NC(=O)C1(NC(=O)OCC2c3ccccc3-c3ccccc32)CCCC(C)C1)C(=O)O. The zero-order valence-electron chi connectivity index (χ0n) is 20.6. The van der Waals surface area contributed by atoms with Crippen molar-refractivity contribution in [3.05, 3.63) is 59.7 Å². The third-order valence-electron chi connectivity index (χ3n) is 7.69. The summed E-state index contributed by atoms with van der Waals surface area (Å²) in [6, 6.07) is 16.2. The molecule has 0 radical (unpaired) electrons. The molecule has 0 aliphatic heterocycles. The largest absolute Gasteiger partial charge is 0.480 e. The maximum absolute atomic E-state index is 13.4. The first-order valence-electron chi connectivity index (χ1n) is 12.4. The Labute approximate surface area is 206 Å². The number of alkyl carbamates (subject to hydrolysis) is 1. The Kier molecular flexibility index (Phi) is 6.88. The topological polar surface area (TPSA) is 105 Å². The Balaban J connectivity index is 1.51. The Bertz CT molecular complexity index is 1090. The van der Waals surface area contributed by atoms with Crippen LogP contribution < -0.4 is 10.6 Å². The molecular formula is C28H34N2O5. The molecule has 3 unspecified atom stereocenters. The van der Waals surface area contributed by atoms with Crippen molar-refractivity contribution >= 4 is 18.0 Å². The lowest BCUT2D eigenvalue weighted by Gasteiger charge is -2.41. The van der Waals surface area contributed by atoms with Crippen LogP contribution in [0.4, 0.5) is 4.79 Å². The summed E-state index contributed by atoms with van der Waals surface area (Å²) in [4.78, 5) is 38.3. The van der Waals surface area contributed by atoms with E-state index in [1.165, 1.54) is 6.92 Å². The maximum atomic E-state index is 13.4. The molecule has 0 spiro atoms. The van der Waals surface area contributed by atoms with Gasteiger partial charge in [-0.05, 0) is 54.4 Å². The average molecular weight is 479 g/mol. The summed E-state index contributed by atoms with van der Waals surface area (Å²) in [6.45, 7) is 5.38. The van der Waals surface area contributed by atoms with Gasteiger partial charge < -0.3 is 20.5 Å². The van der Waals surface area contributed by atoms with Crippen LogP contribution in [-0.4, -0.2) is 40.8 Å². The van der Waals surface area contributed by atoms with E-state index < -0.39 is 29.0 Å². The smallest absolute Gasteiger partial charge is 0.408 e. The summed E-state index contributed by atoms with van der Waals surface area (Å²) in [5, 5.41) is 15.2. The second kappa shape index (κ2) is 9.72. The van der Waals surface area contributed by atoms with Crippen LogP contribution in [0.25, 0.3) is 11.1 Å². The number of carbonyl (C=O) groups is 3. The predicted molar refractivity (Wildman–Crippen MR) is 133 cm³/mol. The number of benzene rings is 2. The van der Waals surface area contributed by atoms with Gasteiger partial charge in [0.05, 0.1) is 0 Å². The van der Waals surface area contributed by atoms with Gasteiger partial charge in [-0.1, -0.05) is 75.2 Å². The molecule has 7 nitrogen and oxygen atoms in total. The van der Waals surface area contributed by atoms with E-state index >= 15 is 0 Å². The predicted octanol–water partition coefficient (Wildman–Crippen LogP) is 4.84. The van der Waals surface area contributed by atoms with E-state index in [0.717, 1.165) is 35.1 Å². The second-order valence-corrected chi connectivity index (χ2v) is 10.2. The molecule has 186 valence electrons. The maximum Gasteiger partial charge on any atom is 0.408 e. The minimum absolute atomic E-state index is 0.0846. The Morgan fingerprint density at radius 2 is 1.69 bits per heavy atom. The van der Waals surface area contributed by atoms with E-state index in [-0.39, 0.29) is 24.9 Å². The van der Waals surface area contributed by atoms with Crippen molar-refractivity contribution < 1.29 is 24.2 Å². The first-order valence-corrected chi connectivity index (χ1v) is 12.4. The van der Waals surface area contributed by atoms with Crippen molar-refractivity contribution in [1.29, 1.82) is 0 Å². The molecule has 2 aliphatic rings. The third kappa shape index (κ3) is 4.77. The van der Waals surface area contributed by atoms with Crippen molar-refractivity contribution in [2.75, 3.05) is 6.61 Å². The van der Waals surface area contributed by atoms with Crippen LogP contribution in [0.1, 0.15) is 69.9 Å². The molecule has 1 saturated carbocycles. The third-order valence-corrected chi connectivity index (χ3v) is 7.69. The van der Waals surface area contributed by atoms with E-state index in [9.17, 15) is 19.5 Å². The fraction of sp³-hybridized carbons (Fsp3) is 0.464. The van der Waals surface area contributed by atoms with Crippen LogP contribution in [0.15, 0.2) is 48.5 Å². The Morgan fingerprint density at radius 3 is 2.23 bits per heavy atom. The molecule has 2 aliphatic carbocycles. The molecule has 2 aromatic carbocycles. The fourth-order valence-corrected chi connectivity index (χ4v) is 5.42. The molecule has 4 rings (SSSR count). The molecule has 1 fully saturated rings. The average Bonchev–Trinajstić information content (AvgIpc) is 3.16. The summed E-state index contributed by atoms with van der Waals surface area (Å²) < 4.78 is 5.71. The van der Waals surface area contributed by atoms with Crippen LogP contribution in [0.2, 0.25) is 0 Å². The van der Waals surface area contributed by atoms with Crippen molar-refractivity contribution in [3.63, 3.8) is 0 Å². The van der Waals surface area contributed by atoms with Crippen molar-refractivity contribution in [2.45, 2.75) is 69.9 Å². The number of fused-ring (bicyclic) bond motifs is 3. The van der Waals surface area contributed by atoms with Crippen LogP contribution in [-0.2, 0) is 14.3 Å². The van der Waals surface area contributed by atoms with E-state index in [4.69, 9.17) is 4.74 Å². The number of rotatable bonds is 7. The van der Waals surface area contributed by atoms with Gasteiger partial charge in [-0.2, -0.15) is 0 Å². The van der Waals surface area contributed by atoms with Crippen LogP contribution >= 0.6 is 0 Å². The summed E-state index contributed by atoms with van der Waals surface area (Å²) in [7, 11) is 0. The highest BCUT2D eigenvalue weighted by atomic mass is 16.5. The standard InChI is InChI=1S/C28H34N2O5/c1-4-27(3,25(32)33)29-24(31)28(15-9-10-18(2)16-28)30-26(34)35-17-23-21-13-7-5-11-19(21)20-12-6-8-14-22(20)23/h5-8,11-14,18,23H,4,9-10,15-17H2,1-3H3,(H,29,31)(H,30,34)(H,32,33). The molecular weight excluding hydrogens is 444 g/mol. The zero-order chi connectivity index (χ0) is 25.2. The number of carboxylic acid groups (broad SMARTS) is 1. The second-order valence-electron chi connectivity index (χ2n) is 10.2.